The van der Waals surface area contributed by atoms with E-state index in [0.29, 0.717) is 23.1 Å². The van der Waals surface area contributed by atoms with Crippen molar-refractivity contribution in [1.82, 2.24) is 24.9 Å². The Labute approximate surface area is 167 Å². The van der Waals surface area contributed by atoms with E-state index in [2.05, 4.69) is 40.0 Å². The summed E-state index contributed by atoms with van der Waals surface area (Å²) in [6.07, 6.45) is 9.79. The van der Waals surface area contributed by atoms with E-state index in [1.165, 1.54) is 13.3 Å². The SMILES string of the molecule is COc1ccc(C(=O)Nc2cnc(N3CCN(c4cnccn4)CC3)nc2)cn1. The van der Waals surface area contributed by atoms with E-state index < -0.39 is 0 Å². The third-order valence-electron chi connectivity index (χ3n) is 4.54. The molecular weight excluding hydrogens is 372 g/mol. The molecule has 1 N–H and O–H groups in total. The number of aromatic nitrogens is 5. The van der Waals surface area contributed by atoms with Crippen molar-refractivity contribution in [3.8, 4) is 5.88 Å². The summed E-state index contributed by atoms with van der Waals surface area (Å²) in [5.41, 5.74) is 0.947. The number of piperazine rings is 1. The lowest BCUT2D eigenvalue weighted by Gasteiger charge is -2.35. The van der Waals surface area contributed by atoms with Crippen LogP contribution < -0.4 is 19.9 Å². The highest BCUT2D eigenvalue weighted by Crippen LogP contribution is 2.16. The lowest BCUT2D eigenvalue weighted by Crippen LogP contribution is -2.47. The highest BCUT2D eigenvalue weighted by Gasteiger charge is 2.20. The largest absolute Gasteiger partial charge is 0.481 e. The maximum Gasteiger partial charge on any atom is 0.257 e. The lowest BCUT2D eigenvalue weighted by molar-refractivity contribution is 0.102. The molecule has 4 rings (SSSR count). The fourth-order valence-corrected chi connectivity index (χ4v) is 2.98. The standard InChI is InChI=1S/C19H20N8O2/c1-29-17-3-2-14(10-22-17)18(28)25-15-11-23-19(24-12-15)27-8-6-26(7-9-27)16-13-20-4-5-21-16/h2-5,10-13H,6-9H2,1H3,(H,25,28). The first-order valence-electron chi connectivity index (χ1n) is 9.12. The van der Waals surface area contributed by atoms with E-state index in [4.69, 9.17) is 4.74 Å². The Balaban J connectivity index is 1.34. The van der Waals surface area contributed by atoms with Crippen LogP contribution in [0.3, 0.4) is 0 Å². The van der Waals surface area contributed by atoms with Crippen LogP contribution in [0, 0.1) is 0 Å². The minimum atomic E-state index is -0.283. The first-order chi connectivity index (χ1) is 14.2. The van der Waals surface area contributed by atoms with Crippen LogP contribution in [-0.2, 0) is 0 Å². The van der Waals surface area contributed by atoms with Crippen molar-refractivity contribution in [3.63, 3.8) is 0 Å². The summed E-state index contributed by atoms with van der Waals surface area (Å²) in [4.78, 5) is 37.8. The van der Waals surface area contributed by atoms with Gasteiger partial charge in [-0.15, -0.1) is 0 Å². The Morgan fingerprint density at radius 2 is 1.69 bits per heavy atom. The van der Waals surface area contributed by atoms with Crippen LogP contribution in [0.5, 0.6) is 5.88 Å². The van der Waals surface area contributed by atoms with E-state index in [-0.39, 0.29) is 5.91 Å². The van der Waals surface area contributed by atoms with Gasteiger partial charge in [0.2, 0.25) is 11.8 Å². The van der Waals surface area contributed by atoms with Gasteiger partial charge in [0.15, 0.2) is 0 Å². The molecule has 0 spiro atoms. The monoisotopic (exact) mass is 392 g/mol. The van der Waals surface area contributed by atoms with Crippen LogP contribution in [0.1, 0.15) is 10.4 Å². The Morgan fingerprint density at radius 1 is 0.931 bits per heavy atom. The average Bonchev–Trinajstić information content (AvgIpc) is 2.80. The van der Waals surface area contributed by atoms with Gasteiger partial charge in [0.25, 0.3) is 5.91 Å². The van der Waals surface area contributed by atoms with Crippen LogP contribution in [0.25, 0.3) is 0 Å². The third-order valence-corrected chi connectivity index (χ3v) is 4.54. The Bertz CT molecular complexity index is 942. The highest BCUT2D eigenvalue weighted by molar-refractivity contribution is 6.03. The van der Waals surface area contributed by atoms with Crippen molar-refractivity contribution >= 4 is 23.4 Å². The van der Waals surface area contributed by atoms with Crippen LogP contribution in [0.4, 0.5) is 17.5 Å². The second-order valence-electron chi connectivity index (χ2n) is 6.35. The second-order valence-corrected chi connectivity index (χ2v) is 6.35. The van der Waals surface area contributed by atoms with Gasteiger partial charge >= 0.3 is 0 Å². The number of ether oxygens (including phenoxy) is 1. The smallest absolute Gasteiger partial charge is 0.257 e. The lowest BCUT2D eigenvalue weighted by atomic mass is 10.2. The normalized spacial score (nSPS) is 13.8. The summed E-state index contributed by atoms with van der Waals surface area (Å²) in [6.45, 7) is 3.18. The third kappa shape index (κ3) is 4.37. The number of nitrogens with one attached hydrogen (secondary N) is 1. The van der Waals surface area contributed by atoms with Crippen LogP contribution >= 0.6 is 0 Å². The summed E-state index contributed by atoms with van der Waals surface area (Å²) in [7, 11) is 1.52. The molecule has 1 aliphatic heterocycles. The molecule has 1 fully saturated rings. The van der Waals surface area contributed by atoms with Crippen molar-refractivity contribution in [1.29, 1.82) is 0 Å². The maximum absolute atomic E-state index is 12.3. The summed E-state index contributed by atoms with van der Waals surface area (Å²) in [5, 5.41) is 2.77. The van der Waals surface area contributed by atoms with E-state index in [0.717, 1.165) is 32.0 Å². The molecular formula is C19H20N8O2. The minimum Gasteiger partial charge on any atom is -0.481 e. The van der Waals surface area contributed by atoms with E-state index >= 15 is 0 Å². The van der Waals surface area contributed by atoms with Crippen LogP contribution in [0.2, 0.25) is 0 Å². The van der Waals surface area contributed by atoms with Crippen LogP contribution in [-0.4, -0.2) is 64.1 Å². The molecule has 148 valence electrons. The molecule has 1 aliphatic rings. The molecule has 4 heterocycles. The van der Waals surface area contributed by atoms with Gasteiger partial charge in [0.05, 0.1) is 37.0 Å². The van der Waals surface area contributed by atoms with Crippen molar-refractivity contribution in [2.24, 2.45) is 0 Å². The van der Waals surface area contributed by atoms with Crippen molar-refractivity contribution < 1.29 is 9.53 Å². The van der Waals surface area contributed by atoms with Gasteiger partial charge < -0.3 is 19.9 Å². The molecule has 0 radical (unpaired) electrons. The molecule has 1 saturated heterocycles. The maximum atomic E-state index is 12.3. The number of hydrogen-bond donors (Lipinski definition) is 1. The number of carbonyl (C=O) groups is 1. The summed E-state index contributed by atoms with van der Waals surface area (Å²) in [5.74, 6) is 1.68. The number of anilines is 3. The summed E-state index contributed by atoms with van der Waals surface area (Å²) in [6, 6.07) is 3.28. The van der Waals surface area contributed by atoms with E-state index in [1.54, 1.807) is 43.1 Å². The first kappa shape index (κ1) is 18.5. The Morgan fingerprint density at radius 3 is 2.31 bits per heavy atom. The average molecular weight is 392 g/mol. The first-order valence-corrected chi connectivity index (χ1v) is 9.12. The molecule has 10 nitrogen and oxygen atoms in total. The molecule has 29 heavy (non-hydrogen) atoms. The molecule has 0 atom stereocenters. The van der Waals surface area contributed by atoms with Gasteiger partial charge in [-0.3, -0.25) is 9.78 Å². The quantitative estimate of drug-likeness (QED) is 0.686. The summed E-state index contributed by atoms with van der Waals surface area (Å²) < 4.78 is 4.99. The highest BCUT2D eigenvalue weighted by atomic mass is 16.5. The number of nitrogens with zero attached hydrogens (tertiary/aromatic N) is 7. The molecule has 0 bridgehead atoms. The number of hydrogen-bond acceptors (Lipinski definition) is 9. The molecule has 0 saturated carbocycles. The van der Waals surface area contributed by atoms with E-state index in [9.17, 15) is 4.79 Å². The molecule has 1 amide bonds. The zero-order valence-corrected chi connectivity index (χ0v) is 15.9. The molecule has 3 aromatic rings. The number of amides is 1. The summed E-state index contributed by atoms with van der Waals surface area (Å²) >= 11 is 0. The fourth-order valence-electron chi connectivity index (χ4n) is 2.98. The fraction of sp³-hybridized carbons (Fsp3) is 0.263. The van der Waals surface area contributed by atoms with Gasteiger partial charge in [-0.1, -0.05) is 0 Å². The zero-order valence-electron chi connectivity index (χ0n) is 15.9. The van der Waals surface area contributed by atoms with Gasteiger partial charge in [-0.05, 0) is 6.07 Å². The van der Waals surface area contributed by atoms with Crippen molar-refractivity contribution in [2.45, 2.75) is 0 Å². The predicted molar refractivity (Wildman–Crippen MR) is 107 cm³/mol. The molecule has 0 aliphatic carbocycles. The van der Waals surface area contributed by atoms with Gasteiger partial charge in [0, 0.05) is 50.8 Å². The minimum absolute atomic E-state index is 0.283. The van der Waals surface area contributed by atoms with Crippen molar-refractivity contribution in [3.05, 3.63) is 54.9 Å². The zero-order chi connectivity index (χ0) is 20.1. The second kappa shape index (κ2) is 8.46. The van der Waals surface area contributed by atoms with E-state index in [1.807, 2.05) is 0 Å². The van der Waals surface area contributed by atoms with Crippen LogP contribution in [0.15, 0.2) is 49.3 Å². The van der Waals surface area contributed by atoms with Crippen molar-refractivity contribution in [2.75, 3.05) is 48.4 Å². The topological polar surface area (TPSA) is 109 Å². The number of carbonyl (C=O) groups excluding carboxylic acids is 1. The molecule has 0 unspecified atom stereocenters. The van der Waals surface area contributed by atoms with Gasteiger partial charge in [0.1, 0.15) is 5.82 Å². The Kier molecular flexibility index (Phi) is 5.41. The number of methoxy groups -OCH3 is 1. The molecule has 0 aromatic carbocycles. The van der Waals surface area contributed by atoms with Gasteiger partial charge in [-0.2, -0.15) is 0 Å². The number of rotatable bonds is 5. The van der Waals surface area contributed by atoms with Gasteiger partial charge in [-0.25, -0.2) is 19.9 Å². The predicted octanol–water partition coefficient (Wildman–Crippen LogP) is 1.25. The Hall–Kier alpha value is -3.82. The molecule has 3 aromatic heterocycles. The molecule has 10 heteroatoms. The number of pyridine rings is 1.